The number of ether oxygens (including phenoxy) is 9. The van der Waals surface area contributed by atoms with E-state index in [0.717, 1.165) is 12.8 Å². The highest BCUT2D eigenvalue weighted by Crippen LogP contribution is 2.87. The molecule has 6 spiro atoms. The van der Waals surface area contributed by atoms with Gasteiger partial charge in [0.15, 0.2) is 34.2 Å². The summed E-state index contributed by atoms with van der Waals surface area (Å²) in [5.74, 6) is -1.72. The van der Waals surface area contributed by atoms with E-state index in [1.165, 1.54) is 38.2 Å². The lowest BCUT2D eigenvalue weighted by molar-refractivity contribution is -0.241. The van der Waals surface area contributed by atoms with E-state index in [2.05, 4.69) is 9.80 Å². The maximum atomic E-state index is 15.2. The topological polar surface area (TPSA) is 205 Å². The molecule has 2 aromatic rings. The van der Waals surface area contributed by atoms with Crippen molar-refractivity contribution in [3.05, 3.63) is 35.4 Å². The third-order valence-electron chi connectivity index (χ3n) is 20.7. The smallest absolute Gasteiger partial charge is 0.414 e. The summed E-state index contributed by atoms with van der Waals surface area (Å²) in [7, 11) is 5.12. The first-order valence-electron chi connectivity index (χ1n) is 23.8. The summed E-state index contributed by atoms with van der Waals surface area (Å²) in [6, 6.07) is 6.81. The van der Waals surface area contributed by atoms with Crippen molar-refractivity contribution in [2.45, 2.75) is 122 Å². The molecule has 15 aliphatic rings. The van der Waals surface area contributed by atoms with Crippen LogP contribution < -0.4 is 28.7 Å². The standard InChI is InChI=1S/C48H52N4O15/c1-59-37(53)43(57)19-41-11-5-17-49-33-27(47(35(41)49)23-7-9-25-31(65-21-63-25)29(23)51(39(55)61-3)45(43,47)15-13-41)28-34(67-33)50-18-6-12-42-14-16-46(44(58,20-42)38(54)60-2)48(28,36(42)50)24-8-10-26-32(66-22-64-26)30(24)52(46)40(56)62-4/h7-10,27-28,33-36,57-58H,5-6,11-22H2,1-4H3/t27-,28-,33+,34+,35+,36+,41-,42+,43-,44-,45-,46+,47+,48+/m1/s1. The Morgan fingerprint density at radius 2 is 1.01 bits per heavy atom. The van der Waals surface area contributed by atoms with Crippen LogP contribution >= 0.6 is 0 Å². The van der Waals surface area contributed by atoms with Gasteiger partial charge in [-0.25, -0.2) is 19.2 Å². The number of anilines is 2. The minimum atomic E-state index is -2.30. The summed E-state index contributed by atoms with van der Waals surface area (Å²) in [5, 5.41) is 28.1. The average molecular weight is 925 g/mol. The molecule has 67 heavy (non-hydrogen) atoms. The number of fused-ring (bicyclic) bond motifs is 15. The maximum absolute atomic E-state index is 15.2. The van der Waals surface area contributed by atoms with Crippen molar-refractivity contribution in [3.63, 3.8) is 0 Å². The lowest BCUT2D eigenvalue weighted by Crippen LogP contribution is -2.89. The van der Waals surface area contributed by atoms with E-state index in [1.54, 1.807) is 0 Å². The Bertz CT molecular complexity index is 2540. The number of esters is 2. The Morgan fingerprint density at radius 3 is 1.42 bits per heavy atom. The summed E-state index contributed by atoms with van der Waals surface area (Å²) >= 11 is 0. The largest absolute Gasteiger partial charge is 0.467 e. The van der Waals surface area contributed by atoms with Gasteiger partial charge in [0, 0.05) is 47.8 Å². The molecule has 4 bridgehead atoms. The number of methoxy groups -OCH3 is 4. The summed E-state index contributed by atoms with van der Waals surface area (Å²) in [6.07, 6.45) is 1.51. The molecule has 11 fully saturated rings. The zero-order chi connectivity index (χ0) is 45.8. The number of hydrogen-bond donors (Lipinski definition) is 2. The van der Waals surface area contributed by atoms with Gasteiger partial charge in [-0.3, -0.25) is 19.6 Å². The summed E-state index contributed by atoms with van der Waals surface area (Å²) < 4.78 is 55.4. The zero-order valence-corrected chi connectivity index (χ0v) is 37.7. The number of carbonyl (C=O) groups excluding carboxylic acids is 4. The summed E-state index contributed by atoms with van der Waals surface area (Å²) in [5.41, 5.74) is -10.1. The third kappa shape index (κ3) is 3.53. The molecule has 6 aliphatic carbocycles. The molecule has 17 rings (SSSR count). The Kier molecular flexibility index (Phi) is 7.05. The fourth-order valence-electron chi connectivity index (χ4n) is 19.8. The molecule has 0 aromatic heterocycles. The molecule has 2 aromatic carbocycles. The first-order valence-corrected chi connectivity index (χ1v) is 23.8. The van der Waals surface area contributed by atoms with Crippen LogP contribution in [-0.2, 0) is 44.1 Å². The highest BCUT2D eigenvalue weighted by molar-refractivity contribution is 6.04. The van der Waals surface area contributed by atoms with Crippen LogP contribution in [0.5, 0.6) is 23.0 Å². The number of piperidine rings is 2. The Hall–Kier alpha value is -5.08. The molecule has 6 saturated carbocycles. The minimum Gasteiger partial charge on any atom is -0.467 e. The van der Waals surface area contributed by atoms with Crippen LogP contribution in [-0.4, -0.2) is 146 Å². The molecule has 354 valence electrons. The molecular formula is C48H52N4O15. The quantitative estimate of drug-likeness (QED) is 0.328. The fraction of sp³-hybridized carbons (Fsp3) is 0.667. The average Bonchev–Trinajstić information content (AvgIpc) is 4.21. The SMILES string of the molecule is COC(=O)N1c2c(ccc3c2OCO3)[C@@]23[C@@H]4[C@@H]5[C@H](O[C@@H]4N4CCC[C@]6(CC[C@]12[C@](O)(C(=O)OC)C6)[C@H]43)N1CCC[C@@]23CC[C@]4(N(C(=O)OC)c6c(ccc7c6OCO7)[C@@]54[C@@H]12)[C@](O)(C(=O)OC)C3. The molecule has 2 amide bonds. The predicted octanol–water partition coefficient (Wildman–Crippen LogP) is 3.02. The first kappa shape index (κ1) is 39.9. The van der Waals surface area contributed by atoms with Gasteiger partial charge < -0.3 is 52.8 Å². The maximum Gasteiger partial charge on any atom is 0.414 e. The van der Waals surface area contributed by atoms with Crippen molar-refractivity contribution in [1.82, 2.24) is 9.80 Å². The Balaban J connectivity index is 1.12. The van der Waals surface area contributed by atoms with E-state index in [0.29, 0.717) is 84.3 Å². The van der Waals surface area contributed by atoms with Crippen LogP contribution in [0.1, 0.15) is 75.3 Å². The molecule has 9 heterocycles. The number of hydrogen-bond acceptors (Lipinski definition) is 17. The Morgan fingerprint density at radius 1 is 0.582 bits per heavy atom. The van der Waals surface area contributed by atoms with Gasteiger partial charge in [-0.05, 0) is 98.3 Å². The summed E-state index contributed by atoms with van der Waals surface area (Å²) in [6.45, 7) is 1.02. The van der Waals surface area contributed by atoms with Crippen LogP contribution in [0, 0.1) is 22.7 Å². The van der Waals surface area contributed by atoms with Crippen LogP contribution in [0.25, 0.3) is 0 Å². The number of carbonyl (C=O) groups is 4. The molecule has 0 unspecified atom stereocenters. The highest BCUT2D eigenvalue weighted by Gasteiger charge is 2.97. The van der Waals surface area contributed by atoms with Crippen molar-refractivity contribution >= 4 is 35.5 Å². The number of amides is 2. The molecule has 9 aliphatic heterocycles. The summed E-state index contributed by atoms with van der Waals surface area (Å²) in [4.78, 5) is 68.4. The van der Waals surface area contributed by atoms with E-state index < -0.39 is 104 Å². The van der Waals surface area contributed by atoms with Crippen LogP contribution in [0.2, 0.25) is 0 Å². The second-order valence-electron chi connectivity index (χ2n) is 21.7. The second kappa shape index (κ2) is 11.8. The second-order valence-corrected chi connectivity index (χ2v) is 21.7. The van der Waals surface area contributed by atoms with Crippen molar-refractivity contribution in [3.8, 4) is 23.0 Å². The van der Waals surface area contributed by atoms with E-state index in [1.807, 2.05) is 24.3 Å². The highest BCUT2D eigenvalue weighted by atomic mass is 16.7. The fourth-order valence-corrected chi connectivity index (χ4v) is 19.8. The van der Waals surface area contributed by atoms with Crippen LogP contribution in [0.15, 0.2) is 24.3 Å². The van der Waals surface area contributed by atoms with Gasteiger partial charge in [-0.15, -0.1) is 0 Å². The van der Waals surface area contributed by atoms with Gasteiger partial charge in [0.25, 0.3) is 0 Å². The van der Waals surface area contributed by atoms with Crippen molar-refractivity contribution in [1.29, 1.82) is 0 Å². The van der Waals surface area contributed by atoms with Crippen molar-refractivity contribution in [2.75, 3.05) is 64.9 Å². The van der Waals surface area contributed by atoms with Gasteiger partial charge in [0.1, 0.15) is 23.5 Å². The van der Waals surface area contributed by atoms with Gasteiger partial charge in [-0.1, -0.05) is 12.1 Å². The lowest BCUT2D eigenvalue weighted by atomic mass is 9.32. The molecule has 0 radical (unpaired) electrons. The first-order chi connectivity index (χ1) is 32.3. The van der Waals surface area contributed by atoms with Gasteiger partial charge in [0.05, 0.1) is 39.8 Å². The molecule has 5 saturated heterocycles. The number of rotatable bonds is 2. The molecule has 19 heteroatoms. The van der Waals surface area contributed by atoms with Crippen molar-refractivity contribution < 1.29 is 72.0 Å². The predicted molar refractivity (Wildman–Crippen MR) is 225 cm³/mol. The zero-order valence-electron chi connectivity index (χ0n) is 37.7. The Labute approximate surface area is 384 Å². The minimum absolute atomic E-state index is 0.0155. The normalized spacial score (nSPS) is 46.2. The van der Waals surface area contributed by atoms with Crippen molar-refractivity contribution in [2.24, 2.45) is 22.7 Å². The van der Waals surface area contributed by atoms with Crippen LogP contribution in [0.3, 0.4) is 0 Å². The van der Waals surface area contributed by atoms with Gasteiger partial charge in [0.2, 0.25) is 13.6 Å². The molecule has 19 nitrogen and oxygen atoms in total. The monoisotopic (exact) mass is 924 g/mol. The number of benzene rings is 2. The van der Waals surface area contributed by atoms with Gasteiger partial charge >= 0.3 is 24.1 Å². The molecular weight excluding hydrogens is 873 g/mol. The third-order valence-corrected chi connectivity index (χ3v) is 20.7. The molecule has 2 N–H and O–H groups in total. The van der Waals surface area contributed by atoms with E-state index in [4.69, 9.17) is 42.6 Å². The lowest BCUT2D eigenvalue weighted by Gasteiger charge is -2.74. The number of aliphatic hydroxyl groups is 2. The van der Waals surface area contributed by atoms with Crippen LogP contribution in [0.4, 0.5) is 21.0 Å². The van der Waals surface area contributed by atoms with E-state index in [-0.39, 0.29) is 39.3 Å². The van der Waals surface area contributed by atoms with Gasteiger partial charge in [-0.2, -0.15) is 0 Å². The number of nitrogens with zero attached hydrogens (tertiary/aromatic N) is 4. The van der Waals surface area contributed by atoms with E-state index in [9.17, 15) is 10.2 Å². The van der Waals surface area contributed by atoms with E-state index >= 15 is 19.2 Å². The molecule has 14 atom stereocenters.